The Morgan fingerprint density at radius 3 is 3.00 bits per heavy atom. The number of rotatable bonds is 3. The molecule has 2 aromatic heterocycles. The zero-order chi connectivity index (χ0) is 12.5. The summed E-state index contributed by atoms with van der Waals surface area (Å²) in [6.07, 6.45) is 0. The standard InChI is InChI=1S/C12H11N3OS2/c1-7-5-17-12(14-7)18-6-10-15-11-8(13)3-2-4-9(11)16-10/h2-5H,6,13H2,1H3. The van der Waals surface area contributed by atoms with Crippen molar-refractivity contribution in [2.45, 2.75) is 17.0 Å². The second kappa shape index (κ2) is 4.62. The number of nitrogens with two attached hydrogens (primary N) is 1. The monoisotopic (exact) mass is 277 g/mol. The van der Waals surface area contributed by atoms with Gasteiger partial charge in [-0.05, 0) is 19.1 Å². The SMILES string of the molecule is Cc1csc(SCc2nc3c(N)cccc3o2)n1. The number of anilines is 1. The minimum Gasteiger partial charge on any atom is -0.440 e. The molecule has 2 heterocycles. The van der Waals surface area contributed by atoms with Gasteiger partial charge in [0.2, 0.25) is 5.89 Å². The van der Waals surface area contributed by atoms with Crippen LogP contribution in [0, 0.1) is 6.92 Å². The van der Waals surface area contributed by atoms with Gasteiger partial charge in [-0.2, -0.15) is 0 Å². The van der Waals surface area contributed by atoms with Gasteiger partial charge in [0.15, 0.2) is 9.92 Å². The van der Waals surface area contributed by atoms with E-state index in [0.29, 0.717) is 17.3 Å². The third kappa shape index (κ3) is 2.21. The molecular weight excluding hydrogens is 266 g/mol. The van der Waals surface area contributed by atoms with Gasteiger partial charge in [-0.3, -0.25) is 0 Å². The first-order chi connectivity index (χ1) is 8.72. The van der Waals surface area contributed by atoms with Crippen LogP contribution in [-0.4, -0.2) is 9.97 Å². The van der Waals surface area contributed by atoms with Crippen LogP contribution in [0.15, 0.2) is 32.3 Å². The fourth-order valence-corrected chi connectivity index (χ4v) is 3.29. The zero-order valence-corrected chi connectivity index (χ0v) is 11.3. The molecule has 0 aliphatic carbocycles. The van der Waals surface area contributed by atoms with Crippen molar-refractivity contribution < 1.29 is 4.42 Å². The van der Waals surface area contributed by atoms with E-state index in [4.69, 9.17) is 10.2 Å². The number of benzene rings is 1. The summed E-state index contributed by atoms with van der Waals surface area (Å²) >= 11 is 3.26. The molecule has 18 heavy (non-hydrogen) atoms. The van der Waals surface area contributed by atoms with Gasteiger partial charge >= 0.3 is 0 Å². The molecule has 0 radical (unpaired) electrons. The van der Waals surface area contributed by atoms with Gasteiger partial charge in [0, 0.05) is 11.1 Å². The van der Waals surface area contributed by atoms with Gasteiger partial charge in [0.25, 0.3) is 0 Å². The van der Waals surface area contributed by atoms with Crippen LogP contribution in [0.25, 0.3) is 11.1 Å². The number of nitrogens with zero attached hydrogens (tertiary/aromatic N) is 2. The van der Waals surface area contributed by atoms with Crippen molar-refractivity contribution in [3.8, 4) is 0 Å². The van der Waals surface area contributed by atoms with Gasteiger partial charge in [-0.25, -0.2) is 9.97 Å². The van der Waals surface area contributed by atoms with Crippen molar-refractivity contribution in [2.75, 3.05) is 5.73 Å². The molecule has 3 rings (SSSR count). The quantitative estimate of drug-likeness (QED) is 0.586. The van der Waals surface area contributed by atoms with E-state index < -0.39 is 0 Å². The topological polar surface area (TPSA) is 64.9 Å². The maximum absolute atomic E-state index is 5.84. The molecule has 0 fully saturated rings. The predicted molar refractivity (Wildman–Crippen MR) is 74.8 cm³/mol. The van der Waals surface area contributed by atoms with Crippen molar-refractivity contribution in [1.29, 1.82) is 0 Å². The normalized spacial score (nSPS) is 11.2. The molecule has 2 N–H and O–H groups in total. The molecular formula is C12H11N3OS2. The summed E-state index contributed by atoms with van der Waals surface area (Å²) in [5.41, 5.74) is 9.01. The molecule has 0 aliphatic rings. The van der Waals surface area contributed by atoms with Gasteiger partial charge in [0.05, 0.1) is 11.4 Å². The molecule has 0 bridgehead atoms. The van der Waals surface area contributed by atoms with Crippen LogP contribution in [0.3, 0.4) is 0 Å². The maximum atomic E-state index is 5.84. The molecule has 0 aliphatic heterocycles. The van der Waals surface area contributed by atoms with Crippen LogP contribution in [0.2, 0.25) is 0 Å². The fraction of sp³-hybridized carbons (Fsp3) is 0.167. The molecule has 0 atom stereocenters. The second-order valence-electron chi connectivity index (χ2n) is 3.85. The first-order valence-corrected chi connectivity index (χ1v) is 7.28. The number of nitrogen functional groups attached to an aromatic ring is 1. The summed E-state index contributed by atoms with van der Waals surface area (Å²) in [6, 6.07) is 5.57. The smallest absolute Gasteiger partial charge is 0.206 e. The van der Waals surface area contributed by atoms with Crippen LogP contribution in [0.5, 0.6) is 0 Å². The van der Waals surface area contributed by atoms with Gasteiger partial charge in [-0.15, -0.1) is 11.3 Å². The molecule has 0 unspecified atom stereocenters. The number of thioether (sulfide) groups is 1. The highest BCUT2D eigenvalue weighted by molar-refractivity contribution is 8.00. The molecule has 0 amide bonds. The average Bonchev–Trinajstić information content (AvgIpc) is 2.93. The average molecular weight is 277 g/mol. The van der Waals surface area contributed by atoms with E-state index >= 15 is 0 Å². The highest BCUT2D eigenvalue weighted by Gasteiger charge is 2.09. The van der Waals surface area contributed by atoms with Crippen molar-refractivity contribution in [1.82, 2.24) is 9.97 Å². The molecule has 0 saturated carbocycles. The Morgan fingerprint density at radius 2 is 2.28 bits per heavy atom. The third-order valence-corrected chi connectivity index (χ3v) is 4.54. The molecule has 92 valence electrons. The minimum absolute atomic E-state index is 0.651. The highest BCUT2D eigenvalue weighted by Crippen LogP contribution is 2.28. The Kier molecular flexibility index (Phi) is 2.97. The fourth-order valence-electron chi connectivity index (χ4n) is 1.60. The number of para-hydroxylation sites is 1. The Labute approximate surface area is 112 Å². The van der Waals surface area contributed by atoms with E-state index in [2.05, 4.69) is 9.97 Å². The lowest BCUT2D eigenvalue weighted by atomic mass is 10.3. The molecule has 4 nitrogen and oxygen atoms in total. The summed E-state index contributed by atoms with van der Waals surface area (Å²) < 4.78 is 6.67. The van der Waals surface area contributed by atoms with E-state index in [0.717, 1.165) is 21.1 Å². The van der Waals surface area contributed by atoms with Crippen molar-refractivity contribution in [3.63, 3.8) is 0 Å². The number of hydrogen-bond acceptors (Lipinski definition) is 6. The Morgan fingerprint density at radius 1 is 1.39 bits per heavy atom. The minimum atomic E-state index is 0.651. The van der Waals surface area contributed by atoms with Crippen molar-refractivity contribution in [3.05, 3.63) is 35.2 Å². The molecule has 0 spiro atoms. The molecule has 0 saturated heterocycles. The highest BCUT2D eigenvalue weighted by atomic mass is 32.2. The van der Waals surface area contributed by atoms with Crippen LogP contribution < -0.4 is 5.73 Å². The number of aryl methyl sites for hydroxylation is 1. The number of thiazole rings is 1. The van der Waals surface area contributed by atoms with Crippen LogP contribution in [-0.2, 0) is 5.75 Å². The summed E-state index contributed by atoms with van der Waals surface area (Å²) in [7, 11) is 0. The lowest BCUT2D eigenvalue weighted by Gasteiger charge is -1.91. The van der Waals surface area contributed by atoms with E-state index in [1.807, 2.05) is 30.5 Å². The first-order valence-electron chi connectivity index (χ1n) is 5.41. The Hall–Kier alpha value is -1.53. The molecule has 1 aromatic carbocycles. The summed E-state index contributed by atoms with van der Waals surface area (Å²) in [5.74, 6) is 1.35. The predicted octanol–water partition coefficient (Wildman–Crippen LogP) is 3.47. The summed E-state index contributed by atoms with van der Waals surface area (Å²) in [6.45, 7) is 1.99. The number of aromatic nitrogens is 2. The Bertz CT molecular complexity index is 690. The lowest BCUT2D eigenvalue weighted by molar-refractivity contribution is 0.556. The third-order valence-electron chi connectivity index (χ3n) is 2.41. The van der Waals surface area contributed by atoms with Gasteiger partial charge < -0.3 is 10.2 Å². The van der Waals surface area contributed by atoms with Crippen LogP contribution >= 0.6 is 23.1 Å². The number of oxazole rings is 1. The van der Waals surface area contributed by atoms with Crippen molar-refractivity contribution in [2.24, 2.45) is 0 Å². The van der Waals surface area contributed by atoms with Gasteiger partial charge in [-0.1, -0.05) is 17.8 Å². The zero-order valence-electron chi connectivity index (χ0n) is 9.71. The van der Waals surface area contributed by atoms with E-state index in [-0.39, 0.29) is 0 Å². The molecule has 3 aromatic rings. The number of fused-ring (bicyclic) bond motifs is 1. The van der Waals surface area contributed by atoms with Crippen molar-refractivity contribution >= 4 is 39.9 Å². The maximum Gasteiger partial charge on any atom is 0.206 e. The second-order valence-corrected chi connectivity index (χ2v) is 5.93. The van der Waals surface area contributed by atoms with Gasteiger partial charge in [0.1, 0.15) is 5.52 Å². The summed E-state index contributed by atoms with van der Waals surface area (Å²) in [5, 5.41) is 2.03. The number of hydrogen-bond donors (Lipinski definition) is 1. The largest absolute Gasteiger partial charge is 0.440 e. The molecule has 6 heteroatoms. The summed E-state index contributed by atoms with van der Waals surface area (Å²) in [4.78, 5) is 8.78. The van der Waals surface area contributed by atoms with E-state index in [9.17, 15) is 0 Å². The lowest BCUT2D eigenvalue weighted by Crippen LogP contribution is -1.85. The van der Waals surface area contributed by atoms with E-state index in [1.54, 1.807) is 23.1 Å². The van der Waals surface area contributed by atoms with E-state index in [1.165, 1.54) is 0 Å². The van der Waals surface area contributed by atoms with Crippen LogP contribution in [0.4, 0.5) is 5.69 Å². The first kappa shape index (κ1) is 11.6. The van der Waals surface area contributed by atoms with Crippen LogP contribution in [0.1, 0.15) is 11.6 Å². The Balaban J connectivity index is 1.81.